The maximum Gasteiger partial charge on any atom is 0.357 e. The minimum atomic E-state index is -0.626. The van der Waals surface area contributed by atoms with E-state index >= 15 is 0 Å². The van der Waals surface area contributed by atoms with Crippen LogP contribution >= 0.6 is 0 Å². The molecule has 2 N–H and O–H groups in total. The largest absolute Gasteiger partial charge is 0.464 e. The number of aryl methyl sites for hydroxylation is 1. The number of methoxy groups -OCH3 is 1. The minimum Gasteiger partial charge on any atom is -0.464 e. The van der Waals surface area contributed by atoms with Crippen molar-refractivity contribution < 1.29 is 9.53 Å². The molecular formula is C16H15N7O2. The van der Waals surface area contributed by atoms with E-state index in [1.54, 1.807) is 18.2 Å². The van der Waals surface area contributed by atoms with Crippen molar-refractivity contribution >= 4 is 11.7 Å². The van der Waals surface area contributed by atoms with E-state index < -0.39 is 5.97 Å². The van der Waals surface area contributed by atoms with Crippen molar-refractivity contribution in [3.05, 3.63) is 41.7 Å². The molecule has 9 heteroatoms. The highest BCUT2D eigenvalue weighted by Crippen LogP contribution is 2.26. The zero-order valence-electron chi connectivity index (χ0n) is 13.7. The second-order valence-corrected chi connectivity index (χ2v) is 5.13. The molecule has 0 amide bonds. The van der Waals surface area contributed by atoms with Crippen molar-refractivity contribution in [3.8, 4) is 23.1 Å². The lowest BCUT2D eigenvalue weighted by Crippen LogP contribution is -2.11. The third-order valence-corrected chi connectivity index (χ3v) is 3.66. The van der Waals surface area contributed by atoms with Crippen LogP contribution in [0.1, 0.15) is 23.0 Å². The van der Waals surface area contributed by atoms with Gasteiger partial charge in [-0.25, -0.2) is 4.79 Å². The first-order chi connectivity index (χ1) is 12.1. The van der Waals surface area contributed by atoms with E-state index in [2.05, 4.69) is 15.4 Å². The third-order valence-electron chi connectivity index (χ3n) is 3.66. The van der Waals surface area contributed by atoms with Gasteiger partial charge in [-0.2, -0.15) is 10.1 Å². The molecule has 0 spiro atoms. The van der Waals surface area contributed by atoms with Gasteiger partial charge in [0.15, 0.2) is 5.69 Å². The number of carbonyl (C=O) groups is 1. The number of nitrogens with zero attached hydrogens (tertiary/aromatic N) is 6. The number of nitriles is 1. The molecule has 0 aliphatic rings. The number of benzene rings is 1. The third kappa shape index (κ3) is 2.81. The molecule has 1 aromatic carbocycles. The first kappa shape index (κ1) is 16.2. The van der Waals surface area contributed by atoms with Crippen molar-refractivity contribution in [1.82, 2.24) is 24.8 Å². The Labute approximate surface area is 143 Å². The molecule has 0 aliphatic carbocycles. The fraction of sp³-hybridized carbons (Fsp3) is 0.188. The van der Waals surface area contributed by atoms with Crippen molar-refractivity contribution in [2.45, 2.75) is 13.5 Å². The Morgan fingerprint density at radius 3 is 2.88 bits per heavy atom. The molecule has 0 unspecified atom stereocenters. The van der Waals surface area contributed by atoms with Gasteiger partial charge >= 0.3 is 5.97 Å². The molecule has 0 aliphatic heterocycles. The van der Waals surface area contributed by atoms with Crippen molar-refractivity contribution in [2.75, 3.05) is 12.8 Å². The Kier molecular flexibility index (Phi) is 4.18. The highest BCUT2D eigenvalue weighted by molar-refractivity contribution is 5.96. The molecule has 2 heterocycles. The highest BCUT2D eigenvalue weighted by Gasteiger charge is 2.22. The predicted octanol–water partition coefficient (Wildman–Crippen LogP) is 1.39. The number of nitrogen functional groups attached to an aromatic ring is 1. The number of hydrogen-bond acceptors (Lipinski definition) is 7. The quantitative estimate of drug-likeness (QED) is 0.713. The lowest BCUT2D eigenvalue weighted by atomic mass is 10.2. The zero-order chi connectivity index (χ0) is 18.0. The maximum absolute atomic E-state index is 12.1. The van der Waals surface area contributed by atoms with Crippen LogP contribution in [0.3, 0.4) is 0 Å². The standard InChI is InChI=1S/C16H15N7O2/c1-3-23-20-15(19-21-23)10-5-4-6-12(7-10)22-9-11(8-17)13(18)14(22)16(24)25-2/h4-7,9H,3,18H2,1-2H3. The topological polar surface area (TPSA) is 125 Å². The van der Waals surface area contributed by atoms with E-state index in [1.807, 2.05) is 19.1 Å². The summed E-state index contributed by atoms with van der Waals surface area (Å²) in [5.41, 5.74) is 7.63. The Morgan fingerprint density at radius 1 is 1.44 bits per heavy atom. The van der Waals surface area contributed by atoms with Gasteiger partial charge in [-0.15, -0.1) is 10.2 Å². The summed E-state index contributed by atoms with van der Waals surface area (Å²) >= 11 is 0. The fourth-order valence-electron chi connectivity index (χ4n) is 2.41. The molecule has 0 bridgehead atoms. The summed E-state index contributed by atoms with van der Waals surface area (Å²) in [5.74, 6) is -0.164. The van der Waals surface area contributed by atoms with Gasteiger partial charge in [0.05, 0.1) is 24.9 Å². The Bertz CT molecular complexity index is 981. The molecule has 0 atom stereocenters. The number of aromatic nitrogens is 5. The molecule has 3 rings (SSSR count). The second-order valence-electron chi connectivity index (χ2n) is 5.13. The van der Waals surface area contributed by atoms with Crippen LogP contribution in [0.15, 0.2) is 30.5 Å². The monoisotopic (exact) mass is 337 g/mol. The van der Waals surface area contributed by atoms with Gasteiger partial charge in [-0.3, -0.25) is 0 Å². The molecule has 25 heavy (non-hydrogen) atoms. The highest BCUT2D eigenvalue weighted by atomic mass is 16.5. The first-order valence-corrected chi connectivity index (χ1v) is 7.46. The van der Waals surface area contributed by atoms with Crippen LogP contribution in [0.25, 0.3) is 17.1 Å². The number of rotatable bonds is 4. The maximum atomic E-state index is 12.1. The van der Waals surface area contributed by atoms with Crippen LogP contribution in [0, 0.1) is 11.3 Å². The summed E-state index contributed by atoms with van der Waals surface area (Å²) in [4.78, 5) is 13.6. The van der Waals surface area contributed by atoms with Crippen LogP contribution in [0.4, 0.5) is 5.69 Å². The molecule has 0 saturated heterocycles. The van der Waals surface area contributed by atoms with E-state index in [0.717, 1.165) is 5.56 Å². The fourth-order valence-corrected chi connectivity index (χ4v) is 2.41. The summed E-state index contributed by atoms with van der Waals surface area (Å²) < 4.78 is 6.30. The van der Waals surface area contributed by atoms with E-state index in [4.69, 9.17) is 10.5 Å². The lowest BCUT2D eigenvalue weighted by Gasteiger charge is -2.09. The molecule has 2 aromatic heterocycles. The molecule has 9 nitrogen and oxygen atoms in total. The number of esters is 1. The van der Waals surface area contributed by atoms with Crippen LogP contribution in [-0.2, 0) is 11.3 Å². The van der Waals surface area contributed by atoms with Gasteiger partial charge in [0, 0.05) is 17.4 Å². The Hall–Kier alpha value is -3.67. The van der Waals surface area contributed by atoms with Crippen LogP contribution in [-0.4, -0.2) is 37.9 Å². The normalized spacial score (nSPS) is 10.4. The zero-order valence-corrected chi connectivity index (χ0v) is 13.7. The first-order valence-electron chi connectivity index (χ1n) is 7.46. The summed E-state index contributed by atoms with van der Waals surface area (Å²) in [6.07, 6.45) is 1.50. The number of nitrogens with two attached hydrogens (primary N) is 1. The SMILES string of the molecule is CCn1nnc(-c2cccc(-n3cc(C#N)c(N)c3C(=O)OC)c2)n1. The molecular weight excluding hydrogens is 322 g/mol. The van der Waals surface area contributed by atoms with Gasteiger partial charge < -0.3 is 15.0 Å². The summed E-state index contributed by atoms with van der Waals surface area (Å²) in [6, 6.07) is 9.15. The Morgan fingerprint density at radius 2 is 2.24 bits per heavy atom. The Balaban J connectivity index is 2.13. The van der Waals surface area contributed by atoms with Crippen LogP contribution in [0.2, 0.25) is 0 Å². The average molecular weight is 337 g/mol. The molecule has 3 aromatic rings. The van der Waals surface area contributed by atoms with Crippen LogP contribution < -0.4 is 5.73 Å². The number of carbonyl (C=O) groups excluding carboxylic acids is 1. The smallest absolute Gasteiger partial charge is 0.357 e. The summed E-state index contributed by atoms with van der Waals surface area (Å²) in [7, 11) is 1.26. The molecule has 0 saturated carbocycles. The average Bonchev–Trinajstić information content (AvgIpc) is 3.25. The second kappa shape index (κ2) is 6.45. The van der Waals surface area contributed by atoms with Crippen molar-refractivity contribution in [2.24, 2.45) is 0 Å². The number of tetrazole rings is 1. The van der Waals surface area contributed by atoms with Crippen LogP contribution in [0.5, 0.6) is 0 Å². The predicted molar refractivity (Wildman–Crippen MR) is 88.7 cm³/mol. The lowest BCUT2D eigenvalue weighted by molar-refractivity contribution is 0.0593. The van der Waals surface area contributed by atoms with Gasteiger partial charge in [0.25, 0.3) is 0 Å². The van der Waals surface area contributed by atoms with E-state index in [9.17, 15) is 10.1 Å². The van der Waals surface area contributed by atoms with Gasteiger partial charge in [-0.1, -0.05) is 12.1 Å². The van der Waals surface area contributed by atoms with Gasteiger partial charge in [-0.05, 0) is 24.3 Å². The van der Waals surface area contributed by atoms with Gasteiger partial charge in [0.2, 0.25) is 5.82 Å². The van der Waals surface area contributed by atoms with E-state index in [-0.39, 0.29) is 16.9 Å². The number of hydrogen-bond donors (Lipinski definition) is 1. The van der Waals surface area contributed by atoms with E-state index in [1.165, 1.54) is 22.7 Å². The molecule has 126 valence electrons. The van der Waals surface area contributed by atoms with Crippen molar-refractivity contribution in [1.29, 1.82) is 5.26 Å². The molecule has 0 fully saturated rings. The van der Waals surface area contributed by atoms with Gasteiger partial charge in [0.1, 0.15) is 6.07 Å². The summed E-state index contributed by atoms with van der Waals surface area (Å²) in [5, 5.41) is 21.4. The number of anilines is 1. The minimum absolute atomic E-state index is 0.0785. The van der Waals surface area contributed by atoms with Crippen molar-refractivity contribution in [3.63, 3.8) is 0 Å². The van der Waals surface area contributed by atoms with E-state index in [0.29, 0.717) is 18.1 Å². The molecule has 0 radical (unpaired) electrons. The summed E-state index contributed by atoms with van der Waals surface area (Å²) in [6.45, 7) is 2.52. The number of ether oxygens (including phenoxy) is 1.